The Labute approximate surface area is 120 Å². The fraction of sp³-hybridized carbons (Fsp3) is 0.294. The zero-order valence-electron chi connectivity index (χ0n) is 11.5. The highest BCUT2D eigenvalue weighted by Gasteiger charge is 2.18. The molecule has 0 amide bonds. The average Bonchev–Trinajstić information content (AvgIpc) is 2.45. The van der Waals surface area contributed by atoms with E-state index in [0.717, 1.165) is 6.42 Å². The van der Waals surface area contributed by atoms with Crippen LogP contribution >= 0.6 is 11.8 Å². The van der Waals surface area contributed by atoms with E-state index in [1.807, 2.05) is 17.8 Å². The number of nitrogens with two attached hydrogens (primary N) is 1. The van der Waals surface area contributed by atoms with Gasteiger partial charge in [-0.2, -0.15) is 0 Å². The summed E-state index contributed by atoms with van der Waals surface area (Å²) in [5.41, 5.74) is 8.93. The molecule has 2 aromatic rings. The van der Waals surface area contributed by atoms with E-state index in [-0.39, 0.29) is 6.04 Å². The quantitative estimate of drug-likeness (QED) is 0.806. The predicted octanol–water partition coefficient (Wildman–Crippen LogP) is 4.57. The highest BCUT2D eigenvalue weighted by Crippen LogP contribution is 2.33. The van der Waals surface area contributed by atoms with Crippen molar-refractivity contribution >= 4 is 11.8 Å². The fourth-order valence-corrected chi connectivity index (χ4v) is 3.39. The summed E-state index contributed by atoms with van der Waals surface area (Å²) in [6, 6.07) is 19.1. The normalized spacial score (nSPS) is 14.1. The summed E-state index contributed by atoms with van der Waals surface area (Å²) in [6.45, 7) is 4.33. The van der Waals surface area contributed by atoms with Gasteiger partial charge >= 0.3 is 0 Å². The van der Waals surface area contributed by atoms with Crippen LogP contribution in [0.15, 0.2) is 59.5 Å². The molecule has 0 aliphatic carbocycles. The minimum atomic E-state index is 0.0803. The molecule has 100 valence electrons. The maximum Gasteiger partial charge on any atom is 0.0418 e. The lowest BCUT2D eigenvalue weighted by atomic mass is 10.0. The van der Waals surface area contributed by atoms with E-state index < -0.39 is 0 Å². The molecule has 0 saturated heterocycles. The van der Waals surface area contributed by atoms with Crippen molar-refractivity contribution in [3.63, 3.8) is 0 Å². The van der Waals surface area contributed by atoms with E-state index in [1.165, 1.54) is 16.0 Å². The molecule has 2 N–H and O–H groups in total. The van der Waals surface area contributed by atoms with Gasteiger partial charge in [-0.05, 0) is 31.0 Å². The molecule has 19 heavy (non-hydrogen) atoms. The third-order valence-corrected chi connectivity index (χ3v) is 4.72. The highest BCUT2D eigenvalue weighted by atomic mass is 32.2. The van der Waals surface area contributed by atoms with Gasteiger partial charge in [-0.1, -0.05) is 55.0 Å². The van der Waals surface area contributed by atoms with Crippen LogP contribution in [0.5, 0.6) is 0 Å². The Morgan fingerprint density at radius 2 is 1.79 bits per heavy atom. The van der Waals surface area contributed by atoms with Gasteiger partial charge in [0.1, 0.15) is 0 Å². The van der Waals surface area contributed by atoms with Gasteiger partial charge in [0, 0.05) is 16.2 Å². The Morgan fingerprint density at radius 3 is 2.42 bits per heavy atom. The Kier molecular flexibility index (Phi) is 5.06. The molecular formula is C17H21NS. The van der Waals surface area contributed by atoms with Gasteiger partial charge in [-0.25, -0.2) is 0 Å². The molecule has 0 spiro atoms. The Bertz CT molecular complexity index is 510. The molecule has 0 aliphatic rings. The molecule has 1 nitrogen and oxygen atoms in total. The van der Waals surface area contributed by atoms with Crippen molar-refractivity contribution < 1.29 is 0 Å². The van der Waals surface area contributed by atoms with Crippen LogP contribution in [0, 0.1) is 6.92 Å². The van der Waals surface area contributed by atoms with E-state index in [4.69, 9.17) is 5.73 Å². The molecule has 2 aromatic carbocycles. The van der Waals surface area contributed by atoms with Gasteiger partial charge in [0.15, 0.2) is 0 Å². The maximum atomic E-state index is 6.41. The molecule has 0 aliphatic heterocycles. The first kappa shape index (κ1) is 14.2. The van der Waals surface area contributed by atoms with Crippen molar-refractivity contribution in [2.24, 2.45) is 5.73 Å². The molecule has 0 heterocycles. The van der Waals surface area contributed by atoms with E-state index in [2.05, 4.69) is 62.4 Å². The van der Waals surface area contributed by atoms with Crippen LogP contribution < -0.4 is 5.73 Å². The number of benzene rings is 2. The molecule has 0 fully saturated rings. The molecule has 2 unspecified atom stereocenters. The van der Waals surface area contributed by atoms with Crippen molar-refractivity contribution in [3.05, 3.63) is 65.7 Å². The van der Waals surface area contributed by atoms with E-state index in [1.54, 1.807) is 0 Å². The Morgan fingerprint density at radius 1 is 1.05 bits per heavy atom. The van der Waals surface area contributed by atoms with E-state index in [0.29, 0.717) is 5.25 Å². The zero-order valence-corrected chi connectivity index (χ0v) is 12.4. The van der Waals surface area contributed by atoms with E-state index in [9.17, 15) is 0 Å². The smallest absolute Gasteiger partial charge is 0.0418 e. The van der Waals surface area contributed by atoms with E-state index >= 15 is 0 Å². The van der Waals surface area contributed by atoms with Gasteiger partial charge in [-0.15, -0.1) is 11.8 Å². The van der Waals surface area contributed by atoms with Gasteiger partial charge in [0.25, 0.3) is 0 Å². The first-order chi connectivity index (χ1) is 9.20. The van der Waals surface area contributed by atoms with Crippen LogP contribution in [0.2, 0.25) is 0 Å². The molecule has 2 rings (SSSR count). The van der Waals surface area contributed by atoms with Crippen molar-refractivity contribution in [3.8, 4) is 0 Å². The van der Waals surface area contributed by atoms with Gasteiger partial charge in [0.2, 0.25) is 0 Å². The van der Waals surface area contributed by atoms with Crippen molar-refractivity contribution in [2.75, 3.05) is 0 Å². The fourth-order valence-electron chi connectivity index (χ4n) is 2.16. The second-order valence-electron chi connectivity index (χ2n) is 4.82. The highest BCUT2D eigenvalue weighted by molar-refractivity contribution is 8.00. The second-order valence-corrected chi connectivity index (χ2v) is 6.13. The standard InChI is InChI=1S/C17H21NS/c1-3-16(17(18)14-9-5-4-6-10-14)19-15-11-7-8-13(2)12-15/h4-12,16-17H,3,18H2,1-2H3. The number of rotatable bonds is 5. The van der Waals surface area contributed by atoms with Crippen molar-refractivity contribution in [2.45, 2.75) is 36.5 Å². The predicted molar refractivity (Wildman–Crippen MR) is 84.5 cm³/mol. The van der Waals surface area contributed by atoms with Crippen LogP contribution in [-0.4, -0.2) is 5.25 Å². The second kappa shape index (κ2) is 6.78. The van der Waals surface area contributed by atoms with Gasteiger partial charge < -0.3 is 5.73 Å². The molecule has 0 radical (unpaired) electrons. The summed E-state index contributed by atoms with van der Waals surface area (Å²) in [7, 11) is 0. The third kappa shape index (κ3) is 3.85. The van der Waals surface area contributed by atoms with Crippen LogP contribution in [0.25, 0.3) is 0 Å². The molecule has 2 atom stereocenters. The van der Waals surface area contributed by atoms with Crippen LogP contribution in [0.1, 0.15) is 30.5 Å². The van der Waals surface area contributed by atoms with Crippen LogP contribution in [0.3, 0.4) is 0 Å². The molecule has 0 aromatic heterocycles. The number of hydrogen-bond donors (Lipinski definition) is 1. The van der Waals surface area contributed by atoms with Gasteiger partial charge in [0.05, 0.1) is 0 Å². The summed E-state index contributed by atoms with van der Waals surface area (Å²) in [4.78, 5) is 1.30. The first-order valence-electron chi connectivity index (χ1n) is 6.74. The molecule has 0 bridgehead atoms. The zero-order chi connectivity index (χ0) is 13.7. The number of hydrogen-bond acceptors (Lipinski definition) is 2. The van der Waals surface area contributed by atoms with Crippen LogP contribution in [-0.2, 0) is 0 Å². The summed E-state index contributed by atoms with van der Waals surface area (Å²) in [5, 5.41) is 0.407. The summed E-state index contributed by atoms with van der Waals surface area (Å²) < 4.78 is 0. The van der Waals surface area contributed by atoms with Crippen molar-refractivity contribution in [1.29, 1.82) is 0 Å². The summed E-state index contributed by atoms with van der Waals surface area (Å²) in [5.74, 6) is 0. The minimum absolute atomic E-state index is 0.0803. The van der Waals surface area contributed by atoms with Crippen LogP contribution in [0.4, 0.5) is 0 Å². The largest absolute Gasteiger partial charge is 0.323 e. The monoisotopic (exact) mass is 271 g/mol. The summed E-state index contributed by atoms with van der Waals surface area (Å²) >= 11 is 1.88. The third-order valence-electron chi connectivity index (χ3n) is 3.26. The number of thioether (sulfide) groups is 1. The topological polar surface area (TPSA) is 26.0 Å². The number of aryl methyl sites for hydroxylation is 1. The lowest BCUT2D eigenvalue weighted by Crippen LogP contribution is -2.23. The van der Waals surface area contributed by atoms with Crippen molar-refractivity contribution in [1.82, 2.24) is 0 Å². The lowest BCUT2D eigenvalue weighted by molar-refractivity contribution is 0.656. The maximum absolute atomic E-state index is 6.41. The molecule has 2 heteroatoms. The minimum Gasteiger partial charge on any atom is -0.323 e. The summed E-state index contributed by atoms with van der Waals surface area (Å²) in [6.07, 6.45) is 1.06. The molecular weight excluding hydrogens is 250 g/mol. The Hall–Kier alpha value is -1.25. The molecule has 0 saturated carbocycles. The SMILES string of the molecule is CCC(Sc1cccc(C)c1)C(N)c1ccccc1. The first-order valence-corrected chi connectivity index (χ1v) is 7.62. The lowest BCUT2D eigenvalue weighted by Gasteiger charge is -2.22. The average molecular weight is 271 g/mol. The van der Waals surface area contributed by atoms with Gasteiger partial charge in [-0.3, -0.25) is 0 Å². The Balaban J connectivity index is 2.12.